The van der Waals surface area contributed by atoms with Crippen LogP contribution in [0.5, 0.6) is 0 Å². The molecule has 1 heterocycles. The number of aryl methyl sites for hydroxylation is 1. The normalized spacial score (nSPS) is 12.0. The van der Waals surface area contributed by atoms with Crippen molar-refractivity contribution in [3.63, 3.8) is 0 Å². The highest BCUT2D eigenvalue weighted by atomic mass is 127. The maximum absolute atomic E-state index is 12.9. The van der Waals surface area contributed by atoms with Gasteiger partial charge in [-0.05, 0) is 85.6 Å². The minimum absolute atomic E-state index is 0.283. The molecule has 0 fully saturated rings. The molecule has 0 aliphatic carbocycles. The van der Waals surface area contributed by atoms with Crippen LogP contribution >= 0.6 is 54.5 Å². The van der Waals surface area contributed by atoms with Crippen molar-refractivity contribution in [3.05, 3.63) is 60.7 Å². The van der Waals surface area contributed by atoms with Crippen molar-refractivity contribution in [1.82, 2.24) is 3.97 Å². The highest BCUT2D eigenvalue weighted by molar-refractivity contribution is 14.1. The van der Waals surface area contributed by atoms with Gasteiger partial charge in [0, 0.05) is 24.1 Å². The third kappa shape index (κ3) is 2.76. The summed E-state index contributed by atoms with van der Waals surface area (Å²) in [6, 6.07) is 10.6. The van der Waals surface area contributed by atoms with E-state index in [4.69, 9.17) is 0 Å². The molecule has 0 saturated carbocycles. The third-order valence-electron chi connectivity index (χ3n) is 3.34. The molecule has 0 unspecified atom stereocenters. The van der Waals surface area contributed by atoms with E-state index in [-0.39, 0.29) is 4.90 Å². The average Bonchev–Trinajstić information content (AvgIpc) is 2.78. The Morgan fingerprint density at radius 2 is 1.64 bits per heavy atom. The van der Waals surface area contributed by atoms with Crippen LogP contribution in [0.2, 0.25) is 0 Å². The molecule has 3 aromatic rings. The second kappa shape index (κ2) is 5.92. The Hall–Kier alpha value is -0.380. The molecular weight excluding hydrogens is 545 g/mol. The van der Waals surface area contributed by atoms with Crippen LogP contribution in [0.4, 0.5) is 0 Å². The summed E-state index contributed by atoms with van der Waals surface area (Å²) in [4.78, 5) is 0.283. The number of fused-ring (bicyclic) bond motifs is 1. The summed E-state index contributed by atoms with van der Waals surface area (Å²) in [6.45, 7) is 1.93. The molecule has 0 N–H and O–H groups in total. The molecule has 0 atom stereocenters. The second-order valence-electron chi connectivity index (χ2n) is 4.87. The summed E-state index contributed by atoms with van der Waals surface area (Å²) in [6.07, 6.45) is 1.65. The standard InChI is InChI=1S/C15H10Br2INO2S/c1-9-2-4-10(5-3-9)22(20,21)19-8-14(18)11-6-12(16)13(17)7-15(11)19/h2-8H,1H3. The van der Waals surface area contributed by atoms with E-state index >= 15 is 0 Å². The van der Waals surface area contributed by atoms with E-state index in [0.717, 1.165) is 23.5 Å². The maximum atomic E-state index is 12.9. The molecule has 3 rings (SSSR count). The Bertz CT molecular complexity index is 979. The SMILES string of the molecule is Cc1ccc(S(=O)(=O)n2cc(I)c3cc(Br)c(Br)cc32)cc1. The molecule has 0 spiro atoms. The molecule has 0 amide bonds. The number of hydrogen-bond donors (Lipinski definition) is 0. The second-order valence-corrected chi connectivity index (χ2v) is 9.56. The predicted molar refractivity (Wildman–Crippen MR) is 104 cm³/mol. The van der Waals surface area contributed by atoms with Crippen LogP contribution in [-0.4, -0.2) is 12.4 Å². The lowest BCUT2D eigenvalue weighted by atomic mass is 10.2. The van der Waals surface area contributed by atoms with E-state index in [1.807, 2.05) is 19.1 Å². The van der Waals surface area contributed by atoms with Crippen LogP contribution in [0.1, 0.15) is 5.56 Å². The van der Waals surface area contributed by atoms with Crippen molar-refractivity contribution in [2.75, 3.05) is 0 Å². The molecule has 2 aromatic carbocycles. The third-order valence-corrected chi connectivity index (χ3v) is 7.73. The van der Waals surface area contributed by atoms with Crippen molar-refractivity contribution in [1.29, 1.82) is 0 Å². The van der Waals surface area contributed by atoms with Crippen LogP contribution in [0.25, 0.3) is 10.9 Å². The summed E-state index contributed by atoms with van der Waals surface area (Å²) in [5, 5.41) is 0.895. The largest absolute Gasteiger partial charge is 0.268 e. The predicted octanol–water partition coefficient (Wildman–Crippen LogP) is 5.32. The summed E-state index contributed by atoms with van der Waals surface area (Å²) in [7, 11) is -3.62. The average molecular weight is 555 g/mol. The first-order valence-electron chi connectivity index (χ1n) is 6.28. The van der Waals surface area contributed by atoms with Gasteiger partial charge in [0.15, 0.2) is 0 Å². The first-order chi connectivity index (χ1) is 10.3. The van der Waals surface area contributed by atoms with Gasteiger partial charge in [-0.3, -0.25) is 0 Å². The molecule has 0 radical (unpaired) electrons. The van der Waals surface area contributed by atoms with E-state index < -0.39 is 10.0 Å². The van der Waals surface area contributed by atoms with Crippen LogP contribution in [-0.2, 0) is 10.0 Å². The van der Waals surface area contributed by atoms with E-state index in [9.17, 15) is 8.42 Å². The van der Waals surface area contributed by atoms with Crippen LogP contribution in [0.15, 0.2) is 56.4 Å². The quantitative estimate of drug-likeness (QED) is 0.403. The number of aromatic nitrogens is 1. The summed E-state index contributed by atoms with van der Waals surface area (Å²) in [5.74, 6) is 0. The van der Waals surface area contributed by atoms with Gasteiger partial charge < -0.3 is 0 Å². The number of nitrogens with zero attached hydrogens (tertiary/aromatic N) is 1. The fourth-order valence-electron chi connectivity index (χ4n) is 2.17. The topological polar surface area (TPSA) is 39.1 Å². The molecule has 0 saturated heterocycles. The van der Waals surface area contributed by atoms with Crippen molar-refractivity contribution >= 4 is 75.4 Å². The van der Waals surface area contributed by atoms with Gasteiger partial charge in [-0.1, -0.05) is 17.7 Å². The summed E-state index contributed by atoms with van der Waals surface area (Å²) >= 11 is 9.04. The van der Waals surface area contributed by atoms with Gasteiger partial charge in [-0.25, -0.2) is 12.4 Å². The molecule has 0 aliphatic heterocycles. The Balaban J connectivity index is 2.30. The minimum Gasteiger partial charge on any atom is -0.240 e. The lowest BCUT2D eigenvalue weighted by Gasteiger charge is -2.08. The van der Waals surface area contributed by atoms with Gasteiger partial charge in [0.1, 0.15) is 0 Å². The molecule has 1 aromatic heterocycles. The molecule has 0 bridgehead atoms. The van der Waals surface area contributed by atoms with Gasteiger partial charge in [0.2, 0.25) is 0 Å². The number of halogens is 3. The summed E-state index contributed by atoms with van der Waals surface area (Å²) in [5.41, 5.74) is 1.68. The minimum atomic E-state index is -3.62. The molecule has 22 heavy (non-hydrogen) atoms. The monoisotopic (exact) mass is 553 g/mol. The number of hydrogen-bond acceptors (Lipinski definition) is 2. The molecule has 3 nitrogen and oxygen atoms in total. The fourth-order valence-corrected chi connectivity index (χ4v) is 5.11. The molecule has 0 aliphatic rings. The maximum Gasteiger partial charge on any atom is 0.268 e. The van der Waals surface area contributed by atoms with E-state index in [1.54, 1.807) is 30.5 Å². The van der Waals surface area contributed by atoms with Gasteiger partial charge in [-0.2, -0.15) is 0 Å². The Kier molecular flexibility index (Phi) is 4.43. The zero-order valence-electron chi connectivity index (χ0n) is 11.3. The Morgan fingerprint density at radius 3 is 2.27 bits per heavy atom. The van der Waals surface area contributed by atoms with E-state index in [0.29, 0.717) is 5.52 Å². The first kappa shape index (κ1) is 16.5. The fraction of sp³-hybridized carbons (Fsp3) is 0.0667. The number of rotatable bonds is 2. The lowest BCUT2D eigenvalue weighted by molar-refractivity contribution is 0.589. The summed E-state index contributed by atoms with van der Waals surface area (Å²) < 4.78 is 29.7. The zero-order chi connectivity index (χ0) is 16.1. The highest BCUT2D eigenvalue weighted by Gasteiger charge is 2.21. The Morgan fingerprint density at radius 1 is 1.05 bits per heavy atom. The van der Waals surface area contributed by atoms with Crippen molar-refractivity contribution in [2.45, 2.75) is 11.8 Å². The zero-order valence-corrected chi connectivity index (χ0v) is 17.5. The van der Waals surface area contributed by atoms with Crippen LogP contribution in [0, 0.1) is 10.5 Å². The molecule has 114 valence electrons. The van der Waals surface area contributed by atoms with Crippen molar-refractivity contribution in [3.8, 4) is 0 Å². The number of benzene rings is 2. The molecular formula is C15H10Br2INO2S. The van der Waals surface area contributed by atoms with Gasteiger partial charge >= 0.3 is 0 Å². The van der Waals surface area contributed by atoms with Gasteiger partial charge in [-0.15, -0.1) is 0 Å². The van der Waals surface area contributed by atoms with Crippen LogP contribution in [0.3, 0.4) is 0 Å². The Labute approximate surface area is 159 Å². The van der Waals surface area contributed by atoms with Gasteiger partial charge in [0.05, 0.1) is 10.4 Å². The lowest BCUT2D eigenvalue weighted by Crippen LogP contribution is -2.11. The van der Waals surface area contributed by atoms with Gasteiger partial charge in [0.25, 0.3) is 10.0 Å². The van der Waals surface area contributed by atoms with Crippen molar-refractivity contribution < 1.29 is 8.42 Å². The van der Waals surface area contributed by atoms with Crippen LogP contribution < -0.4 is 0 Å². The van der Waals surface area contributed by atoms with E-state index in [1.165, 1.54) is 3.97 Å². The highest BCUT2D eigenvalue weighted by Crippen LogP contribution is 2.33. The van der Waals surface area contributed by atoms with E-state index in [2.05, 4.69) is 54.5 Å². The molecule has 7 heteroatoms. The van der Waals surface area contributed by atoms with Crippen molar-refractivity contribution in [2.24, 2.45) is 0 Å². The smallest absolute Gasteiger partial charge is 0.240 e. The first-order valence-corrected chi connectivity index (χ1v) is 10.4.